The molecule has 35 heavy (non-hydrogen) atoms. The summed E-state index contributed by atoms with van der Waals surface area (Å²) in [5, 5.41) is 11.3. The van der Waals surface area contributed by atoms with E-state index in [0.29, 0.717) is 47.4 Å². The number of ether oxygens (including phenoxy) is 2. The lowest BCUT2D eigenvalue weighted by atomic mass is 9.96. The number of Topliss-reactive ketones (excluding diaryl/α,β-unsaturated/α-hetero) is 1. The Balaban J connectivity index is 1.84. The van der Waals surface area contributed by atoms with Crippen molar-refractivity contribution in [1.82, 2.24) is 4.98 Å². The first-order chi connectivity index (χ1) is 16.9. The highest BCUT2D eigenvalue weighted by atomic mass is 16.5. The van der Waals surface area contributed by atoms with Crippen molar-refractivity contribution >= 4 is 23.1 Å². The highest BCUT2D eigenvalue weighted by Crippen LogP contribution is 2.42. The molecular weight excluding hydrogens is 444 g/mol. The van der Waals surface area contributed by atoms with Gasteiger partial charge in [-0.15, -0.1) is 0 Å². The highest BCUT2D eigenvalue weighted by molar-refractivity contribution is 6.51. The van der Waals surface area contributed by atoms with Gasteiger partial charge in [-0.25, -0.2) is 0 Å². The lowest BCUT2D eigenvalue weighted by molar-refractivity contribution is -0.132. The minimum Gasteiger partial charge on any atom is -0.507 e. The van der Waals surface area contributed by atoms with E-state index in [2.05, 4.69) is 4.98 Å². The van der Waals surface area contributed by atoms with Gasteiger partial charge in [0, 0.05) is 29.7 Å². The summed E-state index contributed by atoms with van der Waals surface area (Å²) in [4.78, 5) is 32.2. The number of aliphatic hydroxyl groups is 1. The number of amides is 1. The molecule has 7 nitrogen and oxygen atoms in total. The Kier molecular flexibility index (Phi) is 7.15. The number of pyridine rings is 1. The van der Waals surface area contributed by atoms with Gasteiger partial charge in [-0.2, -0.15) is 0 Å². The summed E-state index contributed by atoms with van der Waals surface area (Å²) in [5.74, 6) is -0.301. The molecule has 7 heteroatoms. The van der Waals surface area contributed by atoms with Crippen molar-refractivity contribution in [3.63, 3.8) is 0 Å². The number of aromatic nitrogens is 1. The Morgan fingerprint density at radius 1 is 1.03 bits per heavy atom. The molecule has 0 spiro atoms. The molecular formula is C28H28N2O5. The molecule has 0 radical (unpaired) electrons. The van der Waals surface area contributed by atoms with Gasteiger partial charge < -0.3 is 14.6 Å². The van der Waals surface area contributed by atoms with E-state index < -0.39 is 17.7 Å². The third kappa shape index (κ3) is 5.04. The molecule has 0 bridgehead atoms. The number of hydrogen-bond donors (Lipinski definition) is 1. The first-order valence-corrected chi connectivity index (χ1v) is 11.6. The lowest BCUT2D eigenvalue weighted by Gasteiger charge is -2.25. The summed E-state index contributed by atoms with van der Waals surface area (Å²) in [6, 6.07) is 16.5. The second kappa shape index (κ2) is 10.4. The minimum atomic E-state index is -0.860. The van der Waals surface area contributed by atoms with Gasteiger partial charge in [-0.05, 0) is 48.7 Å². The van der Waals surface area contributed by atoms with Crippen LogP contribution in [-0.2, 0) is 9.59 Å². The number of hydrogen-bond acceptors (Lipinski definition) is 6. The van der Waals surface area contributed by atoms with Crippen LogP contribution in [-0.4, -0.2) is 35.0 Å². The average molecular weight is 473 g/mol. The predicted molar refractivity (Wildman–Crippen MR) is 133 cm³/mol. The number of carbonyl (C=O) groups is 2. The second-order valence-electron chi connectivity index (χ2n) is 8.62. The Morgan fingerprint density at radius 3 is 2.46 bits per heavy atom. The van der Waals surface area contributed by atoms with E-state index in [4.69, 9.17) is 9.47 Å². The van der Waals surface area contributed by atoms with Gasteiger partial charge in [0.2, 0.25) is 0 Å². The zero-order valence-corrected chi connectivity index (χ0v) is 20.0. The van der Waals surface area contributed by atoms with Crippen LogP contribution in [0.25, 0.3) is 5.76 Å². The van der Waals surface area contributed by atoms with E-state index in [9.17, 15) is 14.7 Å². The highest BCUT2D eigenvalue weighted by Gasteiger charge is 2.47. The molecule has 2 aromatic carbocycles. The van der Waals surface area contributed by atoms with Crippen molar-refractivity contribution in [3.05, 3.63) is 89.8 Å². The van der Waals surface area contributed by atoms with Gasteiger partial charge in [0.15, 0.2) is 0 Å². The van der Waals surface area contributed by atoms with E-state index in [1.807, 2.05) is 20.8 Å². The van der Waals surface area contributed by atoms with Crippen LogP contribution < -0.4 is 14.4 Å². The number of rotatable bonds is 8. The van der Waals surface area contributed by atoms with E-state index in [0.717, 1.165) is 0 Å². The molecule has 0 aliphatic carbocycles. The molecule has 180 valence electrons. The van der Waals surface area contributed by atoms with Gasteiger partial charge >= 0.3 is 0 Å². The summed E-state index contributed by atoms with van der Waals surface area (Å²) < 4.78 is 11.4. The van der Waals surface area contributed by atoms with Crippen LogP contribution in [0.5, 0.6) is 11.5 Å². The Bertz CT molecular complexity index is 1250. The molecule has 1 unspecified atom stereocenters. The fraction of sp³-hybridized carbons (Fsp3) is 0.250. The number of benzene rings is 2. The summed E-state index contributed by atoms with van der Waals surface area (Å²) in [6.45, 7) is 6.93. The van der Waals surface area contributed by atoms with Crippen molar-refractivity contribution < 1.29 is 24.2 Å². The monoisotopic (exact) mass is 472 g/mol. The van der Waals surface area contributed by atoms with E-state index >= 15 is 0 Å². The maximum Gasteiger partial charge on any atom is 0.300 e. The SMILES string of the molecule is CCOc1cccc(N2C(=O)C(=O)/C(=C(/O)c3cccc(OCC(C)C)c3)C2c2cccnc2)c1. The fourth-order valence-corrected chi connectivity index (χ4v) is 3.99. The van der Waals surface area contributed by atoms with Gasteiger partial charge in [0.05, 0.1) is 24.8 Å². The molecule has 1 fully saturated rings. The van der Waals surface area contributed by atoms with Crippen molar-refractivity contribution in [3.8, 4) is 11.5 Å². The van der Waals surface area contributed by atoms with Gasteiger partial charge in [-0.1, -0.05) is 38.1 Å². The zero-order valence-electron chi connectivity index (χ0n) is 20.0. The van der Waals surface area contributed by atoms with Gasteiger partial charge in [0.1, 0.15) is 17.3 Å². The number of aliphatic hydroxyl groups excluding tert-OH is 1. The molecule has 2 heterocycles. The normalized spacial score (nSPS) is 17.1. The van der Waals surface area contributed by atoms with E-state index in [1.165, 1.54) is 4.90 Å². The molecule has 1 aromatic heterocycles. The number of carbonyl (C=O) groups excluding carboxylic acids is 2. The lowest BCUT2D eigenvalue weighted by Crippen LogP contribution is -2.29. The predicted octanol–water partition coefficient (Wildman–Crippen LogP) is 5.14. The summed E-state index contributed by atoms with van der Waals surface area (Å²) in [5.41, 5.74) is 1.47. The van der Waals surface area contributed by atoms with E-state index in [-0.39, 0.29) is 11.3 Å². The van der Waals surface area contributed by atoms with Crippen LogP contribution in [0.2, 0.25) is 0 Å². The van der Waals surface area contributed by atoms with Crippen molar-refractivity contribution in [2.75, 3.05) is 18.1 Å². The fourth-order valence-electron chi connectivity index (χ4n) is 3.99. The molecule has 1 aliphatic rings. The van der Waals surface area contributed by atoms with Crippen LogP contribution >= 0.6 is 0 Å². The van der Waals surface area contributed by atoms with E-state index in [1.54, 1.807) is 73.1 Å². The Morgan fingerprint density at radius 2 is 1.77 bits per heavy atom. The molecule has 1 N–H and O–H groups in total. The summed E-state index contributed by atoms with van der Waals surface area (Å²) in [6.07, 6.45) is 3.20. The number of ketones is 1. The number of nitrogens with zero attached hydrogens (tertiary/aromatic N) is 2. The molecule has 1 aliphatic heterocycles. The van der Waals surface area contributed by atoms with Crippen LogP contribution in [0.15, 0.2) is 78.6 Å². The summed E-state index contributed by atoms with van der Waals surface area (Å²) >= 11 is 0. The van der Waals surface area contributed by atoms with Crippen LogP contribution in [0.4, 0.5) is 5.69 Å². The maximum atomic E-state index is 13.3. The van der Waals surface area contributed by atoms with Crippen LogP contribution in [0.3, 0.4) is 0 Å². The molecule has 1 saturated heterocycles. The van der Waals surface area contributed by atoms with Crippen molar-refractivity contribution in [1.29, 1.82) is 0 Å². The third-order valence-corrected chi connectivity index (χ3v) is 5.54. The molecule has 4 rings (SSSR count). The quantitative estimate of drug-likeness (QED) is 0.277. The standard InChI is InChI=1S/C28H28N2O5/c1-4-34-23-12-6-10-21(15-23)30-25(20-9-7-13-29-16-20)24(27(32)28(30)33)26(31)19-8-5-11-22(14-19)35-17-18(2)3/h5-16,18,25,31H,4,17H2,1-3H3/b26-24+. The van der Waals surface area contributed by atoms with Crippen molar-refractivity contribution in [2.45, 2.75) is 26.8 Å². The Labute approximate surface area is 204 Å². The Hall–Kier alpha value is -4.13. The second-order valence-corrected chi connectivity index (χ2v) is 8.62. The first-order valence-electron chi connectivity index (χ1n) is 11.6. The van der Waals surface area contributed by atoms with Gasteiger partial charge in [0.25, 0.3) is 11.7 Å². The zero-order chi connectivity index (χ0) is 24.9. The summed E-state index contributed by atoms with van der Waals surface area (Å²) in [7, 11) is 0. The molecule has 1 amide bonds. The number of anilines is 1. The van der Waals surface area contributed by atoms with Gasteiger partial charge in [-0.3, -0.25) is 19.5 Å². The topological polar surface area (TPSA) is 89.0 Å². The van der Waals surface area contributed by atoms with Crippen LogP contribution in [0.1, 0.15) is 37.9 Å². The maximum absolute atomic E-state index is 13.3. The smallest absolute Gasteiger partial charge is 0.300 e. The first kappa shape index (κ1) is 24.0. The van der Waals surface area contributed by atoms with Crippen molar-refractivity contribution in [2.24, 2.45) is 5.92 Å². The minimum absolute atomic E-state index is 0.00850. The molecule has 3 aromatic rings. The third-order valence-electron chi connectivity index (χ3n) is 5.54. The largest absolute Gasteiger partial charge is 0.507 e. The molecule has 0 saturated carbocycles. The van der Waals surface area contributed by atoms with Crippen LogP contribution in [0, 0.1) is 5.92 Å². The average Bonchev–Trinajstić information content (AvgIpc) is 3.13. The molecule has 1 atom stereocenters.